The number of aromatic nitrogens is 4. The Morgan fingerprint density at radius 1 is 1.08 bits per heavy atom. The van der Waals surface area contributed by atoms with Gasteiger partial charge in [-0.2, -0.15) is 0 Å². The van der Waals surface area contributed by atoms with Crippen molar-refractivity contribution in [3.8, 4) is 11.4 Å². The van der Waals surface area contributed by atoms with Crippen LogP contribution in [0.15, 0.2) is 44.9 Å². The lowest BCUT2D eigenvalue weighted by atomic mass is 10.2. The van der Waals surface area contributed by atoms with Crippen LogP contribution in [0.4, 0.5) is 11.4 Å². The van der Waals surface area contributed by atoms with Gasteiger partial charge in [0, 0.05) is 45.2 Å². The van der Waals surface area contributed by atoms with E-state index in [1.165, 1.54) is 11.8 Å². The molecular weight excluding hydrogens is 484 g/mol. The highest BCUT2D eigenvalue weighted by Crippen LogP contribution is 2.34. The number of imidazole rings is 1. The van der Waals surface area contributed by atoms with E-state index in [1.54, 1.807) is 47.6 Å². The van der Waals surface area contributed by atoms with Crippen LogP contribution in [0.5, 0.6) is 5.75 Å². The number of ether oxygens (including phenoxy) is 2. The van der Waals surface area contributed by atoms with Gasteiger partial charge in [-0.25, -0.2) is 9.48 Å². The van der Waals surface area contributed by atoms with E-state index in [1.807, 2.05) is 19.1 Å². The average Bonchev–Trinajstić information content (AvgIpc) is 3.29. The van der Waals surface area contributed by atoms with Crippen molar-refractivity contribution in [1.82, 2.24) is 18.9 Å². The van der Waals surface area contributed by atoms with E-state index >= 15 is 0 Å². The topological polar surface area (TPSA) is 98.8 Å². The molecule has 10 nitrogen and oxygen atoms in total. The Bertz CT molecular complexity index is 1600. The van der Waals surface area contributed by atoms with Crippen LogP contribution in [0.3, 0.4) is 0 Å². The SMILES string of the molecule is COc1cc(-n2[nH]c(C)c(C=Nc3cc4c(cc3N3CCOCC3)n(C)c(=O)n4C)c2=O)ccc1Cl. The van der Waals surface area contributed by atoms with Crippen LogP contribution in [-0.4, -0.2) is 58.5 Å². The van der Waals surface area contributed by atoms with Crippen molar-refractivity contribution in [2.24, 2.45) is 19.1 Å². The number of nitrogens with one attached hydrogen (secondary N) is 1. The fourth-order valence-corrected chi connectivity index (χ4v) is 4.69. The Morgan fingerprint density at radius 3 is 2.47 bits per heavy atom. The molecule has 1 N–H and O–H groups in total. The number of hydrogen-bond acceptors (Lipinski definition) is 6. The number of rotatable bonds is 5. The number of methoxy groups -OCH3 is 1. The third-order valence-electron chi connectivity index (χ3n) is 6.56. The number of nitrogens with zero attached hydrogens (tertiary/aromatic N) is 5. The van der Waals surface area contributed by atoms with Gasteiger partial charge < -0.3 is 14.4 Å². The third-order valence-corrected chi connectivity index (χ3v) is 6.87. The molecule has 1 aliphatic rings. The second kappa shape index (κ2) is 9.36. The molecule has 5 rings (SSSR count). The summed E-state index contributed by atoms with van der Waals surface area (Å²) in [5.74, 6) is 0.473. The largest absolute Gasteiger partial charge is 0.495 e. The Hall–Kier alpha value is -3.76. The number of morpholine rings is 1. The highest BCUT2D eigenvalue weighted by Gasteiger charge is 2.19. The van der Waals surface area contributed by atoms with Gasteiger partial charge in [-0.15, -0.1) is 0 Å². The molecule has 0 atom stereocenters. The van der Waals surface area contributed by atoms with Crippen molar-refractivity contribution in [3.05, 3.63) is 67.4 Å². The molecule has 1 fully saturated rings. The molecule has 0 radical (unpaired) electrons. The van der Waals surface area contributed by atoms with Gasteiger partial charge in [0.15, 0.2) is 0 Å². The summed E-state index contributed by atoms with van der Waals surface area (Å²) >= 11 is 6.14. The molecule has 1 aliphatic heterocycles. The molecule has 2 aromatic carbocycles. The lowest BCUT2D eigenvalue weighted by molar-refractivity contribution is 0.123. The van der Waals surface area contributed by atoms with Crippen molar-refractivity contribution in [2.75, 3.05) is 38.3 Å². The number of anilines is 1. The summed E-state index contributed by atoms with van der Waals surface area (Å²) in [5.41, 5.74) is 4.48. The lowest BCUT2D eigenvalue weighted by Crippen LogP contribution is -2.36. The highest BCUT2D eigenvalue weighted by molar-refractivity contribution is 6.32. The quantitative estimate of drug-likeness (QED) is 0.416. The van der Waals surface area contributed by atoms with Crippen LogP contribution in [-0.2, 0) is 18.8 Å². The molecule has 3 heterocycles. The Morgan fingerprint density at radius 2 is 1.78 bits per heavy atom. The molecule has 11 heteroatoms. The summed E-state index contributed by atoms with van der Waals surface area (Å²) < 4.78 is 15.5. The second-order valence-electron chi connectivity index (χ2n) is 8.70. The number of benzene rings is 2. The van der Waals surface area contributed by atoms with Crippen LogP contribution in [0.25, 0.3) is 16.7 Å². The van der Waals surface area contributed by atoms with Crippen molar-refractivity contribution in [1.29, 1.82) is 0 Å². The zero-order valence-electron chi connectivity index (χ0n) is 20.5. The monoisotopic (exact) mass is 510 g/mol. The number of halogens is 1. The van der Waals surface area contributed by atoms with Gasteiger partial charge in [-0.3, -0.25) is 24.0 Å². The number of hydrogen-bond donors (Lipinski definition) is 1. The van der Waals surface area contributed by atoms with E-state index < -0.39 is 0 Å². The third kappa shape index (κ3) is 4.02. The zero-order valence-corrected chi connectivity index (χ0v) is 21.3. The summed E-state index contributed by atoms with van der Waals surface area (Å²) in [6.07, 6.45) is 1.57. The number of fused-ring (bicyclic) bond motifs is 1. The number of aryl methyl sites for hydroxylation is 3. The maximum Gasteiger partial charge on any atom is 0.328 e. The molecule has 0 spiro atoms. The maximum absolute atomic E-state index is 13.3. The maximum atomic E-state index is 13.3. The summed E-state index contributed by atoms with van der Waals surface area (Å²) in [5, 5.41) is 3.56. The molecule has 0 saturated carbocycles. The van der Waals surface area contributed by atoms with Gasteiger partial charge in [0.05, 0.1) is 59.0 Å². The minimum Gasteiger partial charge on any atom is -0.495 e. The smallest absolute Gasteiger partial charge is 0.328 e. The molecule has 2 aromatic heterocycles. The fourth-order valence-electron chi connectivity index (χ4n) is 4.50. The Labute approximate surface area is 211 Å². The van der Waals surface area contributed by atoms with E-state index in [2.05, 4.69) is 10.00 Å². The first kappa shape index (κ1) is 24.0. The zero-order chi connectivity index (χ0) is 25.6. The van der Waals surface area contributed by atoms with Gasteiger partial charge >= 0.3 is 5.69 Å². The summed E-state index contributed by atoms with van der Waals surface area (Å²) in [6.45, 7) is 4.47. The van der Waals surface area contributed by atoms with E-state index in [0.29, 0.717) is 59.7 Å². The van der Waals surface area contributed by atoms with Crippen molar-refractivity contribution in [3.63, 3.8) is 0 Å². The van der Waals surface area contributed by atoms with Gasteiger partial charge in [-0.1, -0.05) is 11.6 Å². The first-order chi connectivity index (χ1) is 17.3. The number of aromatic amines is 1. The van der Waals surface area contributed by atoms with Crippen LogP contribution < -0.4 is 20.9 Å². The standard InChI is InChI=1S/C25H27ClN6O4/c1-15-17(24(33)32(28-15)16-5-6-18(26)23(11-16)35-4)14-27-19-12-21-22(30(3)25(34)29(21)2)13-20(19)31-7-9-36-10-8-31/h5-6,11-14,28H,7-10H2,1-4H3. The fraction of sp³-hybridized carbons (Fsp3) is 0.320. The van der Waals surface area contributed by atoms with Crippen LogP contribution in [0.1, 0.15) is 11.3 Å². The Balaban J connectivity index is 1.60. The van der Waals surface area contributed by atoms with Crippen LogP contribution in [0, 0.1) is 6.92 Å². The van der Waals surface area contributed by atoms with Crippen molar-refractivity contribution >= 4 is 40.2 Å². The number of aliphatic imine (C=N–C) groups is 1. The van der Waals surface area contributed by atoms with E-state index in [4.69, 9.17) is 26.1 Å². The van der Waals surface area contributed by atoms with Crippen LogP contribution >= 0.6 is 11.6 Å². The summed E-state index contributed by atoms with van der Waals surface area (Å²) in [7, 11) is 5.02. The van der Waals surface area contributed by atoms with Crippen molar-refractivity contribution < 1.29 is 9.47 Å². The van der Waals surface area contributed by atoms with Gasteiger partial charge in [0.25, 0.3) is 5.56 Å². The molecule has 36 heavy (non-hydrogen) atoms. The Kier molecular flexibility index (Phi) is 6.23. The highest BCUT2D eigenvalue weighted by atomic mass is 35.5. The molecule has 0 amide bonds. The first-order valence-electron chi connectivity index (χ1n) is 11.5. The molecule has 1 saturated heterocycles. The summed E-state index contributed by atoms with van der Waals surface area (Å²) in [6, 6.07) is 8.99. The molecule has 0 unspecified atom stereocenters. The molecule has 4 aromatic rings. The van der Waals surface area contributed by atoms with E-state index in [0.717, 1.165) is 16.7 Å². The number of H-pyrrole nitrogens is 1. The molecule has 188 valence electrons. The van der Waals surface area contributed by atoms with Gasteiger partial charge in [0.2, 0.25) is 0 Å². The molecule has 0 bridgehead atoms. The first-order valence-corrected chi connectivity index (χ1v) is 11.9. The van der Waals surface area contributed by atoms with Crippen LogP contribution in [0.2, 0.25) is 5.02 Å². The normalized spacial score (nSPS) is 14.3. The minimum absolute atomic E-state index is 0.109. The molecule has 0 aliphatic carbocycles. The minimum atomic E-state index is -0.248. The predicted octanol–water partition coefficient (Wildman–Crippen LogP) is 2.91. The molecular formula is C25H27ClN6O4. The van der Waals surface area contributed by atoms with E-state index in [-0.39, 0.29) is 11.2 Å². The summed E-state index contributed by atoms with van der Waals surface area (Å²) in [4.78, 5) is 32.8. The second-order valence-corrected chi connectivity index (χ2v) is 9.10. The van der Waals surface area contributed by atoms with E-state index in [9.17, 15) is 9.59 Å². The average molecular weight is 511 g/mol. The van der Waals surface area contributed by atoms with Gasteiger partial charge in [0.1, 0.15) is 5.75 Å². The predicted molar refractivity (Wildman–Crippen MR) is 141 cm³/mol. The lowest BCUT2D eigenvalue weighted by Gasteiger charge is -2.30. The van der Waals surface area contributed by atoms with Crippen molar-refractivity contribution in [2.45, 2.75) is 6.92 Å². The van der Waals surface area contributed by atoms with Gasteiger partial charge in [-0.05, 0) is 31.2 Å².